The molecule has 1 saturated heterocycles. The van der Waals surface area contributed by atoms with Gasteiger partial charge in [-0.3, -0.25) is 14.7 Å². The second-order valence-electron chi connectivity index (χ2n) is 10.0. The number of carbonyl (C=O) groups is 2. The number of pyridine rings is 2. The molecule has 0 radical (unpaired) electrons. The zero-order valence-corrected chi connectivity index (χ0v) is 22.6. The molecule has 210 valence electrons. The molecule has 41 heavy (non-hydrogen) atoms. The second-order valence-corrected chi connectivity index (χ2v) is 10.0. The van der Waals surface area contributed by atoms with Crippen molar-refractivity contribution < 1.29 is 19.4 Å². The summed E-state index contributed by atoms with van der Waals surface area (Å²) in [6.45, 7) is 4.75. The van der Waals surface area contributed by atoms with Crippen LogP contribution in [0, 0.1) is 0 Å². The minimum Gasteiger partial charge on any atom is -0.494 e. The molecule has 5 aromatic heterocycles. The van der Waals surface area contributed by atoms with Gasteiger partial charge in [0.1, 0.15) is 22.7 Å². The fraction of sp³-hybridized carbons (Fsp3) is 0.308. The first-order chi connectivity index (χ1) is 19.8. The van der Waals surface area contributed by atoms with Gasteiger partial charge in [0.05, 0.1) is 35.5 Å². The van der Waals surface area contributed by atoms with Crippen molar-refractivity contribution in [3.8, 4) is 23.0 Å². The lowest BCUT2D eigenvalue weighted by Crippen LogP contribution is -2.51. The molecule has 3 N–H and O–H groups in total. The predicted molar refractivity (Wildman–Crippen MR) is 146 cm³/mol. The van der Waals surface area contributed by atoms with Crippen LogP contribution < -0.4 is 9.64 Å². The SMILES string of the molecule is COc1cnc(-c2cc(C(C)(C)O)[nH]n2)c2[nH]cc(C(=O)C(=O)N3CCN(c4nnnn4-c4ccccn4)CC3)c12. The number of anilines is 1. The number of H-pyrrole nitrogens is 2. The summed E-state index contributed by atoms with van der Waals surface area (Å²) in [6, 6.07) is 7.13. The molecule has 0 unspecified atom stereocenters. The third-order valence-electron chi connectivity index (χ3n) is 6.98. The number of nitrogens with one attached hydrogen (secondary N) is 2. The van der Waals surface area contributed by atoms with Crippen LogP contribution in [0.1, 0.15) is 29.9 Å². The molecular formula is C26H27N11O4. The van der Waals surface area contributed by atoms with E-state index in [0.717, 1.165) is 0 Å². The molecule has 5 aromatic rings. The smallest absolute Gasteiger partial charge is 0.295 e. The van der Waals surface area contributed by atoms with E-state index in [1.807, 2.05) is 11.0 Å². The van der Waals surface area contributed by atoms with Gasteiger partial charge >= 0.3 is 0 Å². The molecule has 0 aromatic carbocycles. The van der Waals surface area contributed by atoms with E-state index in [9.17, 15) is 14.7 Å². The molecule has 0 atom stereocenters. The monoisotopic (exact) mass is 557 g/mol. The number of ether oxygens (including phenoxy) is 1. The summed E-state index contributed by atoms with van der Waals surface area (Å²) in [4.78, 5) is 42.2. The van der Waals surface area contributed by atoms with E-state index < -0.39 is 17.3 Å². The molecular weight excluding hydrogens is 530 g/mol. The van der Waals surface area contributed by atoms with E-state index >= 15 is 0 Å². The Balaban J connectivity index is 1.23. The number of methoxy groups -OCH3 is 1. The Labute approximate surface area is 233 Å². The maximum atomic E-state index is 13.5. The van der Waals surface area contributed by atoms with Gasteiger partial charge in [0, 0.05) is 38.6 Å². The van der Waals surface area contributed by atoms with Gasteiger partial charge in [-0.25, -0.2) is 9.97 Å². The van der Waals surface area contributed by atoms with Crippen molar-refractivity contribution >= 4 is 28.5 Å². The molecule has 15 heteroatoms. The van der Waals surface area contributed by atoms with E-state index in [-0.39, 0.29) is 5.56 Å². The standard InChI is InChI=1S/C26H27N11O4/c1-26(2,40)18-12-16(30-31-18)21-22-20(17(41-3)14-29-21)15(13-28-22)23(38)24(39)35-8-10-36(11-9-35)25-32-33-34-37(25)19-6-4-5-7-27-19/h4-7,12-14,28,40H,8-11H2,1-3H3,(H,30,31). The van der Waals surface area contributed by atoms with Gasteiger partial charge in [-0.1, -0.05) is 11.2 Å². The highest BCUT2D eigenvalue weighted by Gasteiger charge is 2.32. The van der Waals surface area contributed by atoms with Gasteiger partial charge in [-0.05, 0) is 42.5 Å². The predicted octanol–water partition coefficient (Wildman–Crippen LogP) is 1.09. The number of aliphatic hydroxyl groups is 1. The highest BCUT2D eigenvalue weighted by molar-refractivity contribution is 6.45. The number of rotatable bonds is 7. The molecule has 6 heterocycles. The molecule has 15 nitrogen and oxygen atoms in total. The minimum absolute atomic E-state index is 0.172. The zero-order valence-electron chi connectivity index (χ0n) is 22.6. The number of tetrazole rings is 1. The summed E-state index contributed by atoms with van der Waals surface area (Å²) in [6.07, 6.45) is 4.62. The Kier molecular flexibility index (Phi) is 6.42. The van der Waals surface area contributed by atoms with Crippen LogP contribution in [0.25, 0.3) is 28.1 Å². The molecule has 1 aliphatic rings. The van der Waals surface area contributed by atoms with Gasteiger partial charge in [0.2, 0.25) is 0 Å². The van der Waals surface area contributed by atoms with Crippen molar-refractivity contribution in [2.75, 3.05) is 38.2 Å². The topological polar surface area (TPSA) is 184 Å². The average Bonchev–Trinajstić information content (AvgIpc) is 3.76. The summed E-state index contributed by atoms with van der Waals surface area (Å²) in [7, 11) is 1.47. The molecule has 1 aliphatic heterocycles. The van der Waals surface area contributed by atoms with Crippen molar-refractivity contribution in [2.45, 2.75) is 19.4 Å². The fourth-order valence-electron chi connectivity index (χ4n) is 4.78. The van der Waals surface area contributed by atoms with E-state index in [4.69, 9.17) is 4.74 Å². The summed E-state index contributed by atoms with van der Waals surface area (Å²) >= 11 is 0. The summed E-state index contributed by atoms with van der Waals surface area (Å²) in [5, 5.41) is 29.8. The summed E-state index contributed by atoms with van der Waals surface area (Å²) < 4.78 is 7.03. The Morgan fingerprint density at radius 1 is 1.12 bits per heavy atom. The van der Waals surface area contributed by atoms with E-state index in [0.29, 0.717) is 71.7 Å². The van der Waals surface area contributed by atoms with Gasteiger partial charge in [0.25, 0.3) is 17.6 Å². The number of piperazine rings is 1. The van der Waals surface area contributed by atoms with Crippen molar-refractivity contribution in [2.24, 2.45) is 0 Å². The fourth-order valence-corrected chi connectivity index (χ4v) is 4.78. The Morgan fingerprint density at radius 2 is 1.93 bits per heavy atom. The normalized spacial score (nSPS) is 14.0. The zero-order chi connectivity index (χ0) is 28.7. The van der Waals surface area contributed by atoms with Gasteiger partial charge in [-0.2, -0.15) is 9.78 Å². The van der Waals surface area contributed by atoms with Crippen LogP contribution in [0.15, 0.2) is 42.9 Å². The molecule has 0 bridgehead atoms. The second kappa shape index (κ2) is 10.1. The number of aromatic amines is 2. The van der Waals surface area contributed by atoms with Crippen molar-refractivity contribution in [3.63, 3.8) is 0 Å². The lowest BCUT2D eigenvalue weighted by molar-refractivity contribution is -0.126. The Bertz CT molecular complexity index is 1730. The summed E-state index contributed by atoms with van der Waals surface area (Å²) in [5.41, 5.74) is 0.939. The van der Waals surface area contributed by atoms with Crippen molar-refractivity contribution in [1.29, 1.82) is 0 Å². The third kappa shape index (κ3) is 4.65. The number of ketones is 1. The third-order valence-corrected chi connectivity index (χ3v) is 6.98. The largest absolute Gasteiger partial charge is 0.494 e. The van der Waals surface area contributed by atoms with Crippen LogP contribution in [0.2, 0.25) is 0 Å². The van der Waals surface area contributed by atoms with Crippen LogP contribution in [0.5, 0.6) is 5.75 Å². The van der Waals surface area contributed by atoms with Crippen LogP contribution in [-0.2, 0) is 10.4 Å². The lowest BCUT2D eigenvalue weighted by atomic mass is 10.0. The van der Waals surface area contributed by atoms with E-state index in [1.165, 1.54) is 29.1 Å². The molecule has 6 rings (SSSR count). The Morgan fingerprint density at radius 3 is 2.61 bits per heavy atom. The molecule has 0 saturated carbocycles. The lowest BCUT2D eigenvalue weighted by Gasteiger charge is -2.34. The first-order valence-electron chi connectivity index (χ1n) is 12.9. The minimum atomic E-state index is -1.13. The highest BCUT2D eigenvalue weighted by atomic mass is 16.5. The van der Waals surface area contributed by atoms with Crippen molar-refractivity contribution in [1.82, 2.24) is 50.3 Å². The molecule has 0 aliphatic carbocycles. The highest BCUT2D eigenvalue weighted by Crippen LogP contribution is 2.35. The average molecular weight is 558 g/mol. The van der Waals surface area contributed by atoms with Crippen LogP contribution in [-0.4, -0.2) is 100 Å². The number of aromatic nitrogens is 9. The quantitative estimate of drug-likeness (QED) is 0.192. The van der Waals surface area contributed by atoms with Crippen LogP contribution in [0.3, 0.4) is 0 Å². The first-order valence-corrected chi connectivity index (χ1v) is 12.9. The van der Waals surface area contributed by atoms with Crippen LogP contribution >= 0.6 is 0 Å². The number of fused-ring (bicyclic) bond motifs is 1. The van der Waals surface area contributed by atoms with E-state index in [2.05, 4.69) is 40.7 Å². The maximum absolute atomic E-state index is 13.5. The van der Waals surface area contributed by atoms with Crippen LogP contribution in [0.4, 0.5) is 5.95 Å². The number of Topliss-reactive ketones (excluding diaryl/α,β-unsaturated/α-hetero) is 1. The first kappa shape index (κ1) is 26.1. The number of nitrogens with zero attached hydrogens (tertiary/aromatic N) is 9. The number of hydrogen-bond acceptors (Lipinski definition) is 11. The molecule has 0 spiro atoms. The van der Waals surface area contributed by atoms with Gasteiger partial charge in [-0.15, -0.1) is 0 Å². The maximum Gasteiger partial charge on any atom is 0.295 e. The van der Waals surface area contributed by atoms with Gasteiger partial charge < -0.3 is 24.6 Å². The number of carbonyl (C=O) groups excluding carboxylic acids is 2. The number of amides is 1. The summed E-state index contributed by atoms with van der Waals surface area (Å²) in [5.74, 6) is 0.131. The number of hydrogen-bond donors (Lipinski definition) is 3. The molecule has 1 fully saturated rings. The molecule has 1 amide bonds. The van der Waals surface area contributed by atoms with Crippen molar-refractivity contribution in [3.05, 3.63) is 54.1 Å². The Hall–Kier alpha value is -5.18. The van der Waals surface area contributed by atoms with Gasteiger partial charge in [0.15, 0.2) is 5.82 Å². The van der Waals surface area contributed by atoms with E-state index in [1.54, 1.807) is 38.2 Å².